The molecule has 0 aliphatic carbocycles. The van der Waals surface area contributed by atoms with Gasteiger partial charge in [0.1, 0.15) is 18.3 Å². The average Bonchev–Trinajstić information content (AvgIpc) is 2.98. The number of rotatable bonds is 13. The minimum absolute atomic E-state index is 0.0960. The van der Waals surface area contributed by atoms with Crippen LogP contribution in [0.1, 0.15) is 25.0 Å². The summed E-state index contributed by atoms with van der Waals surface area (Å²) in [7, 11) is 0.0602. The van der Waals surface area contributed by atoms with Gasteiger partial charge >= 0.3 is 0 Å². The molecule has 11 heteroatoms. The van der Waals surface area contributed by atoms with E-state index in [1.54, 1.807) is 31.2 Å². The molecule has 1 atom stereocenters. The Bertz CT molecular complexity index is 1440. The Kier molecular flexibility index (Phi) is 10.6. The van der Waals surface area contributed by atoms with Gasteiger partial charge in [0.25, 0.3) is 10.0 Å². The topological polar surface area (TPSA) is 114 Å². The first-order valence-corrected chi connectivity index (χ1v) is 14.5. The van der Waals surface area contributed by atoms with Crippen LogP contribution in [0.5, 0.6) is 17.2 Å². The van der Waals surface area contributed by atoms with Crippen LogP contribution in [0, 0.1) is 6.92 Å². The van der Waals surface area contributed by atoms with Gasteiger partial charge in [-0.3, -0.25) is 13.9 Å². The Morgan fingerprint density at radius 1 is 0.927 bits per heavy atom. The number of hydrogen-bond donors (Lipinski definition) is 1. The van der Waals surface area contributed by atoms with E-state index in [1.807, 2.05) is 38.1 Å². The van der Waals surface area contributed by atoms with Crippen LogP contribution in [-0.2, 0) is 26.2 Å². The number of likely N-dealkylation sites (N-methyl/N-ethyl adjacent to an activating group) is 1. The van der Waals surface area contributed by atoms with Gasteiger partial charge in [0.05, 0.1) is 31.4 Å². The molecule has 0 aliphatic heterocycles. The first-order valence-electron chi connectivity index (χ1n) is 13.1. The SMILES string of the molecule is CCOc1ccc(N(CC(=O)N(Cc2ccc(C)cc2)[C@@H](C)C(=O)NC)S(=O)(=O)c2ccc(OC)c(OC)c2)cc1. The number of aryl methyl sites for hydroxylation is 1. The molecular weight excluding hydrogens is 546 g/mol. The number of carbonyl (C=O) groups is 2. The third kappa shape index (κ3) is 7.49. The van der Waals surface area contributed by atoms with Crippen LogP contribution < -0.4 is 23.8 Å². The molecule has 0 unspecified atom stereocenters. The van der Waals surface area contributed by atoms with Crippen LogP contribution in [0.2, 0.25) is 0 Å². The maximum absolute atomic E-state index is 14.1. The second-order valence-corrected chi connectivity index (χ2v) is 11.1. The van der Waals surface area contributed by atoms with Crippen molar-refractivity contribution in [2.24, 2.45) is 0 Å². The van der Waals surface area contributed by atoms with Gasteiger partial charge in [0.15, 0.2) is 11.5 Å². The zero-order valence-electron chi connectivity index (χ0n) is 24.2. The molecule has 0 heterocycles. The summed E-state index contributed by atoms with van der Waals surface area (Å²) in [6, 6.07) is 17.3. The average molecular weight is 584 g/mol. The van der Waals surface area contributed by atoms with Crippen LogP contribution in [-0.4, -0.2) is 65.6 Å². The maximum atomic E-state index is 14.1. The van der Waals surface area contributed by atoms with E-state index in [0.717, 1.165) is 15.4 Å². The highest BCUT2D eigenvalue weighted by Crippen LogP contribution is 2.33. The number of ether oxygens (including phenoxy) is 3. The van der Waals surface area contributed by atoms with E-state index < -0.39 is 28.5 Å². The molecule has 3 aromatic carbocycles. The number of benzene rings is 3. The molecule has 1 N–H and O–H groups in total. The van der Waals surface area contributed by atoms with Crippen molar-refractivity contribution in [2.75, 3.05) is 38.7 Å². The van der Waals surface area contributed by atoms with E-state index in [-0.39, 0.29) is 28.8 Å². The van der Waals surface area contributed by atoms with Crippen molar-refractivity contribution in [3.63, 3.8) is 0 Å². The summed E-state index contributed by atoms with van der Waals surface area (Å²) in [6.07, 6.45) is 0. The van der Waals surface area contributed by atoms with Crippen LogP contribution in [0.15, 0.2) is 71.6 Å². The van der Waals surface area contributed by atoms with E-state index in [9.17, 15) is 18.0 Å². The summed E-state index contributed by atoms with van der Waals surface area (Å²) >= 11 is 0. The number of sulfonamides is 1. The van der Waals surface area contributed by atoms with Crippen molar-refractivity contribution >= 4 is 27.5 Å². The summed E-state index contributed by atoms with van der Waals surface area (Å²) in [6.45, 7) is 5.40. The van der Waals surface area contributed by atoms with Gasteiger partial charge in [-0.2, -0.15) is 0 Å². The summed E-state index contributed by atoms with van der Waals surface area (Å²) in [5.41, 5.74) is 2.10. The summed E-state index contributed by atoms with van der Waals surface area (Å²) in [5, 5.41) is 2.57. The number of methoxy groups -OCH3 is 2. The monoisotopic (exact) mass is 583 g/mol. The lowest BCUT2D eigenvalue weighted by atomic mass is 10.1. The second-order valence-electron chi connectivity index (χ2n) is 9.25. The molecule has 220 valence electrons. The summed E-state index contributed by atoms with van der Waals surface area (Å²) < 4.78 is 45.3. The largest absolute Gasteiger partial charge is 0.494 e. The molecule has 0 saturated heterocycles. The molecule has 10 nitrogen and oxygen atoms in total. The van der Waals surface area contributed by atoms with Crippen LogP contribution in [0.3, 0.4) is 0 Å². The van der Waals surface area contributed by atoms with Gasteiger partial charge in [-0.25, -0.2) is 8.42 Å². The standard InChI is InChI=1S/C30H37N3O7S/c1-7-40-25-14-12-24(13-15-25)33(41(36,37)26-16-17-27(38-5)28(18-26)39-6)20-29(34)32(22(3)30(35)31-4)19-23-10-8-21(2)9-11-23/h8-18,22H,7,19-20H2,1-6H3,(H,31,35)/t22-/m0/s1. The zero-order valence-corrected chi connectivity index (χ0v) is 25.0. The Morgan fingerprint density at radius 2 is 1.56 bits per heavy atom. The van der Waals surface area contributed by atoms with Gasteiger partial charge in [-0.15, -0.1) is 0 Å². The fraction of sp³-hybridized carbons (Fsp3) is 0.333. The second kappa shape index (κ2) is 13.9. The molecule has 0 radical (unpaired) electrons. The van der Waals surface area contributed by atoms with Crippen molar-refractivity contribution in [1.82, 2.24) is 10.2 Å². The highest BCUT2D eigenvalue weighted by molar-refractivity contribution is 7.92. The number of hydrogen-bond acceptors (Lipinski definition) is 7. The minimum Gasteiger partial charge on any atom is -0.494 e. The van der Waals surface area contributed by atoms with Crippen LogP contribution in [0.25, 0.3) is 0 Å². The van der Waals surface area contributed by atoms with Gasteiger partial charge in [-0.1, -0.05) is 29.8 Å². The molecule has 41 heavy (non-hydrogen) atoms. The van der Waals surface area contributed by atoms with Crippen molar-refractivity contribution in [1.29, 1.82) is 0 Å². The molecule has 3 rings (SSSR count). The fourth-order valence-electron chi connectivity index (χ4n) is 4.19. The van der Waals surface area contributed by atoms with E-state index in [1.165, 1.54) is 44.4 Å². The zero-order chi connectivity index (χ0) is 30.2. The van der Waals surface area contributed by atoms with Crippen LogP contribution in [0.4, 0.5) is 5.69 Å². The molecule has 0 aliphatic rings. The molecule has 3 aromatic rings. The molecular formula is C30H37N3O7S. The normalized spacial score (nSPS) is 11.8. The first kappa shape index (κ1) is 31.3. The highest BCUT2D eigenvalue weighted by atomic mass is 32.2. The maximum Gasteiger partial charge on any atom is 0.264 e. The Balaban J connectivity index is 2.07. The minimum atomic E-state index is -4.29. The Hall–Kier alpha value is -4.25. The van der Waals surface area contributed by atoms with Gasteiger partial charge < -0.3 is 24.4 Å². The summed E-state index contributed by atoms with van der Waals surface area (Å²) in [5.74, 6) is 0.209. The van der Waals surface area contributed by atoms with E-state index >= 15 is 0 Å². The highest BCUT2D eigenvalue weighted by Gasteiger charge is 2.33. The predicted octanol–water partition coefficient (Wildman–Crippen LogP) is 3.77. The molecule has 0 saturated carbocycles. The van der Waals surface area contributed by atoms with Crippen molar-refractivity contribution in [2.45, 2.75) is 38.3 Å². The van der Waals surface area contributed by atoms with Crippen molar-refractivity contribution in [3.05, 3.63) is 77.9 Å². The smallest absolute Gasteiger partial charge is 0.264 e. The van der Waals surface area contributed by atoms with Gasteiger partial charge in [-0.05, 0) is 62.7 Å². The molecule has 0 spiro atoms. The number of carbonyl (C=O) groups excluding carboxylic acids is 2. The van der Waals surface area contributed by atoms with Crippen molar-refractivity contribution in [3.8, 4) is 17.2 Å². The lowest BCUT2D eigenvalue weighted by molar-refractivity contribution is -0.139. The molecule has 0 bridgehead atoms. The third-order valence-electron chi connectivity index (χ3n) is 6.54. The van der Waals surface area contributed by atoms with Crippen molar-refractivity contribution < 1.29 is 32.2 Å². The number of amides is 2. The molecule has 0 fully saturated rings. The Morgan fingerprint density at radius 3 is 2.12 bits per heavy atom. The molecule has 2 amide bonds. The number of nitrogens with one attached hydrogen (secondary N) is 1. The quantitative estimate of drug-likeness (QED) is 0.326. The lowest BCUT2D eigenvalue weighted by Crippen LogP contribution is -2.50. The predicted molar refractivity (Wildman–Crippen MR) is 157 cm³/mol. The first-order chi connectivity index (χ1) is 19.5. The van der Waals surface area contributed by atoms with Crippen LogP contribution >= 0.6 is 0 Å². The van der Waals surface area contributed by atoms with E-state index in [4.69, 9.17) is 14.2 Å². The third-order valence-corrected chi connectivity index (χ3v) is 8.31. The van der Waals surface area contributed by atoms with Gasteiger partial charge in [0.2, 0.25) is 11.8 Å². The number of anilines is 1. The van der Waals surface area contributed by atoms with E-state index in [0.29, 0.717) is 18.1 Å². The Labute approximate surface area is 241 Å². The van der Waals surface area contributed by atoms with E-state index in [2.05, 4.69) is 5.32 Å². The number of nitrogens with zero attached hydrogens (tertiary/aromatic N) is 2. The van der Waals surface area contributed by atoms with Gasteiger partial charge in [0, 0.05) is 19.7 Å². The summed E-state index contributed by atoms with van der Waals surface area (Å²) in [4.78, 5) is 27.8. The molecule has 0 aromatic heterocycles. The lowest BCUT2D eigenvalue weighted by Gasteiger charge is -2.32. The fourth-order valence-corrected chi connectivity index (χ4v) is 5.62.